The molecule has 50 heavy (non-hydrogen) atoms. The summed E-state index contributed by atoms with van der Waals surface area (Å²) in [6.45, 7) is -4.80. The fraction of sp³-hybridized carbons (Fsp3) is 0.108. The number of benzene rings is 5. The largest absolute Gasteiger partial charge is 0.515 e. The molecule has 258 valence electrons. The van der Waals surface area contributed by atoms with Crippen LogP contribution in [0, 0.1) is 40.3 Å². The zero-order valence-corrected chi connectivity index (χ0v) is 27.2. The summed E-state index contributed by atoms with van der Waals surface area (Å²) < 4.78 is 111. The Labute approximate surface area is 285 Å². The van der Waals surface area contributed by atoms with Gasteiger partial charge in [-0.05, 0) is 58.9 Å². The molecule has 0 saturated heterocycles. The van der Waals surface area contributed by atoms with Crippen LogP contribution < -0.4 is 10.4 Å². The molecule has 5 aromatic carbocycles. The molecule has 1 unspecified atom stereocenters. The molecule has 5 rings (SSSR count). The first-order chi connectivity index (χ1) is 23.7. The fourth-order valence-electron chi connectivity index (χ4n) is 4.67. The van der Waals surface area contributed by atoms with Gasteiger partial charge in [0, 0.05) is 29.9 Å². The number of nitrogens with zero attached hydrogens (tertiary/aromatic N) is 1. The second-order valence-corrected chi connectivity index (χ2v) is 13.6. The predicted octanol–water partition coefficient (Wildman–Crippen LogP) is 8.65. The number of rotatable bonds is 9. The van der Waals surface area contributed by atoms with Gasteiger partial charge in [-0.3, -0.25) is 4.79 Å². The summed E-state index contributed by atoms with van der Waals surface area (Å²) in [7, 11) is -2.61. The Bertz CT molecular complexity index is 1960. The third-order valence-corrected chi connectivity index (χ3v) is 8.50. The zero-order chi connectivity index (χ0) is 36.5. The smallest absolute Gasteiger partial charge is 0.445 e. The van der Waals surface area contributed by atoms with Crippen molar-refractivity contribution < 1.29 is 43.9 Å². The number of ketones is 1. The molecular weight excluding hydrogens is 685 g/mol. The van der Waals surface area contributed by atoms with Crippen molar-refractivity contribution in [2.75, 3.05) is 16.9 Å². The normalized spacial score (nSPS) is 12.1. The summed E-state index contributed by atoms with van der Waals surface area (Å²) in [5, 5.41) is 2.81. The van der Waals surface area contributed by atoms with Crippen LogP contribution in [0.5, 0.6) is 0 Å². The van der Waals surface area contributed by atoms with Gasteiger partial charge in [-0.2, -0.15) is 0 Å². The molecular formula is C37H28BF8NO2S. The van der Waals surface area contributed by atoms with Gasteiger partial charge >= 0.3 is 6.98 Å². The lowest BCUT2D eigenvalue weighted by atomic mass is 9.79. The van der Waals surface area contributed by atoms with E-state index in [0.717, 1.165) is 24.3 Å². The predicted molar refractivity (Wildman–Crippen MR) is 181 cm³/mol. The molecule has 0 aromatic heterocycles. The first kappa shape index (κ1) is 37.6. The van der Waals surface area contributed by atoms with E-state index in [9.17, 15) is 43.9 Å². The first-order valence-electron chi connectivity index (χ1n) is 14.9. The van der Waals surface area contributed by atoms with Gasteiger partial charge in [0.1, 0.15) is 17.9 Å². The lowest BCUT2D eigenvalue weighted by Gasteiger charge is -2.25. The van der Waals surface area contributed by atoms with E-state index in [1.54, 1.807) is 6.26 Å². The second kappa shape index (κ2) is 16.5. The molecule has 3 nitrogen and oxygen atoms in total. The first-order valence-corrected chi connectivity index (χ1v) is 17.0. The van der Waals surface area contributed by atoms with Crippen molar-refractivity contribution in [1.29, 1.82) is 0 Å². The van der Waals surface area contributed by atoms with E-state index in [1.807, 2.05) is 91.0 Å². The molecule has 0 heterocycles. The van der Waals surface area contributed by atoms with Crippen LogP contribution in [-0.4, -0.2) is 24.8 Å². The highest BCUT2D eigenvalue weighted by atomic mass is 32.2. The van der Waals surface area contributed by atoms with Crippen LogP contribution in [0.15, 0.2) is 115 Å². The standard InChI is InChI=1S/C31H28NO2S.C6BF8/c1-35(34,22-21-26-11-5-2-6-12-26)25-31(33)29-17-19-30(20-18-29)32(23-27-13-7-3-8-14-27)24-28-15-9-4-10-16-28;8-2-1(7(13,14)15)3(9)5(11)6(12)4(2)10/h2-20H,23-25H2,1H3;/q+1;-1. The molecule has 0 fully saturated rings. The molecule has 0 radical (unpaired) electrons. The number of anilines is 1. The van der Waals surface area contributed by atoms with E-state index in [0.29, 0.717) is 5.56 Å². The van der Waals surface area contributed by atoms with E-state index >= 15 is 0 Å². The van der Waals surface area contributed by atoms with Crippen LogP contribution >= 0.6 is 0 Å². The Hall–Kier alpha value is -5.22. The minimum Gasteiger partial charge on any atom is -0.445 e. The maximum atomic E-state index is 12.9. The summed E-state index contributed by atoms with van der Waals surface area (Å²) >= 11 is 0. The number of carbonyl (C=O) groups is 1. The molecule has 0 bridgehead atoms. The minimum atomic E-state index is -6.30. The summed E-state index contributed by atoms with van der Waals surface area (Å²) in [6, 6.07) is 37.6. The van der Waals surface area contributed by atoms with Crippen molar-refractivity contribution in [2.45, 2.75) is 13.1 Å². The second-order valence-electron chi connectivity index (χ2n) is 11.1. The Morgan fingerprint density at radius 3 is 1.50 bits per heavy atom. The maximum absolute atomic E-state index is 12.9. The third kappa shape index (κ3) is 10.2. The van der Waals surface area contributed by atoms with Crippen LogP contribution in [0.4, 0.5) is 40.6 Å². The lowest BCUT2D eigenvalue weighted by Crippen LogP contribution is -2.41. The van der Waals surface area contributed by atoms with Crippen molar-refractivity contribution in [2.24, 2.45) is 0 Å². The zero-order valence-electron chi connectivity index (χ0n) is 26.4. The highest BCUT2D eigenvalue weighted by Gasteiger charge is 2.38. The van der Waals surface area contributed by atoms with Crippen molar-refractivity contribution in [3.8, 4) is 11.2 Å². The molecule has 0 saturated carbocycles. The lowest BCUT2D eigenvalue weighted by molar-refractivity contribution is 0.102. The van der Waals surface area contributed by atoms with Crippen molar-refractivity contribution >= 4 is 33.8 Å². The molecule has 0 aliphatic heterocycles. The van der Waals surface area contributed by atoms with Gasteiger partial charge in [0.15, 0.2) is 38.4 Å². The van der Waals surface area contributed by atoms with Crippen LogP contribution in [-0.2, 0) is 27.2 Å². The van der Waals surface area contributed by atoms with Gasteiger partial charge < -0.3 is 17.8 Å². The number of hydrogen-bond donors (Lipinski definition) is 0. The van der Waals surface area contributed by atoms with E-state index in [2.05, 4.69) is 40.3 Å². The topological polar surface area (TPSA) is 37.4 Å². The van der Waals surface area contributed by atoms with E-state index < -0.39 is 51.5 Å². The van der Waals surface area contributed by atoms with Gasteiger partial charge in [-0.25, -0.2) is 22.0 Å². The van der Waals surface area contributed by atoms with Crippen molar-refractivity contribution in [3.63, 3.8) is 0 Å². The van der Waals surface area contributed by atoms with E-state index in [4.69, 9.17) is 0 Å². The number of halogens is 8. The van der Waals surface area contributed by atoms with E-state index in [-0.39, 0.29) is 11.5 Å². The Balaban J connectivity index is 0.000000314. The minimum absolute atomic E-state index is 0.0933. The highest BCUT2D eigenvalue weighted by molar-refractivity contribution is 8.07. The maximum Gasteiger partial charge on any atom is 0.515 e. The molecule has 5 aromatic rings. The molecule has 0 aliphatic carbocycles. The van der Waals surface area contributed by atoms with Gasteiger partial charge in [-0.1, -0.05) is 83.1 Å². The monoisotopic (exact) mass is 713 g/mol. The Kier molecular flexibility index (Phi) is 12.4. The molecule has 0 N–H and O–H groups in total. The highest BCUT2D eigenvalue weighted by Crippen LogP contribution is 2.23. The van der Waals surface area contributed by atoms with Crippen LogP contribution in [0.1, 0.15) is 27.0 Å². The van der Waals surface area contributed by atoms with Crippen LogP contribution in [0.2, 0.25) is 0 Å². The summed E-state index contributed by atoms with van der Waals surface area (Å²) in [5.41, 5.74) is 2.05. The molecule has 1 atom stereocenters. The van der Waals surface area contributed by atoms with Gasteiger partial charge in [0.2, 0.25) is 5.78 Å². The molecule has 0 spiro atoms. The third-order valence-electron chi connectivity index (χ3n) is 7.15. The quantitative estimate of drug-likeness (QED) is 0.0292. The average Bonchev–Trinajstić information content (AvgIpc) is 3.10. The molecule has 0 amide bonds. The Morgan fingerprint density at radius 2 is 1.06 bits per heavy atom. The molecule has 13 heteroatoms. The van der Waals surface area contributed by atoms with Crippen molar-refractivity contribution in [3.05, 3.63) is 167 Å². The number of carbonyl (C=O) groups excluding carboxylic acids is 1. The summed E-state index contributed by atoms with van der Waals surface area (Å²) in [6.07, 6.45) is 1.55. The van der Waals surface area contributed by atoms with Gasteiger partial charge in [-0.15, -0.1) is 0 Å². The fourth-order valence-corrected chi connectivity index (χ4v) is 5.74. The van der Waals surface area contributed by atoms with Gasteiger partial charge in [0.05, 0.1) is 0 Å². The number of Topliss-reactive ketones (excluding diaryl/α,β-unsaturated/α-hetero) is 1. The van der Waals surface area contributed by atoms with E-state index in [1.165, 1.54) is 11.1 Å². The average molecular weight is 713 g/mol. The van der Waals surface area contributed by atoms with Crippen LogP contribution in [0.3, 0.4) is 0 Å². The van der Waals surface area contributed by atoms with Gasteiger partial charge in [0.25, 0.3) is 0 Å². The van der Waals surface area contributed by atoms with Crippen LogP contribution in [0.25, 0.3) is 0 Å². The summed E-state index contributed by atoms with van der Waals surface area (Å²) in [4.78, 5) is 15.2. The molecule has 0 aliphatic rings. The SMILES string of the molecule is C[S+](=O)(C#Cc1ccccc1)CC(=O)c1ccc(N(Cc2ccccc2)Cc2ccccc2)cc1.Fc1c(F)c(F)c([B-](F)(F)F)c(F)c1F. The van der Waals surface area contributed by atoms with Crippen molar-refractivity contribution in [1.82, 2.24) is 0 Å². The summed E-state index contributed by atoms with van der Waals surface area (Å²) in [5.74, 6) is -10.9. The number of hydrogen-bond acceptors (Lipinski definition) is 3. The Morgan fingerprint density at radius 1 is 0.640 bits per heavy atom.